The second-order valence-electron chi connectivity index (χ2n) is 2.62. The predicted octanol–water partition coefficient (Wildman–Crippen LogP) is 2.72. The lowest BCUT2D eigenvalue weighted by Crippen LogP contribution is -2.03. The van der Waals surface area contributed by atoms with E-state index in [9.17, 15) is 13.9 Å². The third-order valence-electron chi connectivity index (χ3n) is 1.61. The van der Waals surface area contributed by atoms with Crippen LogP contribution in [0.1, 0.15) is 11.7 Å². The lowest BCUT2D eigenvalue weighted by Gasteiger charge is -2.09. The second-order valence-corrected chi connectivity index (χ2v) is 3.27. The van der Waals surface area contributed by atoms with Gasteiger partial charge in [-0.2, -0.15) is 8.78 Å². The molecule has 0 radical (unpaired) electrons. The monoisotopic (exact) mass is 266 g/mol. The highest BCUT2D eigenvalue weighted by molar-refractivity contribution is 9.09. The van der Waals surface area contributed by atoms with Crippen LogP contribution in [0.5, 0.6) is 5.75 Å². The minimum absolute atomic E-state index is 0.0532. The Hall–Kier alpha value is -0.680. The van der Waals surface area contributed by atoms with E-state index in [2.05, 4.69) is 20.7 Å². The number of alkyl halides is 3. The molecule has 0 aliphatic rings. The maximum absolute atomic E-state index is 11.8. The van der Waals surface area contributed by atoms with E-state index in [1.807, 2.05) is 0 Å². The second kappa shape index (κ2) is 5.26. The number of rotatable bonds is 4. The van der Waals surface area contributed by atoms with Crippen LogP contribution in [0.25, 0.3) is 0 Å². The topological polar surface area (TPSA) is 29.5 Å². The fourth-order valence-corrected chi connectivity index (χ4v) is 1.36. The molecule has 1 rings (SSSR count). The SMILES string of the molecule is OC(CBr)c1cccc(OC(F)F)c1. The van der Waals surface area contributed by atoms with Crippen LogP contribution in [0.4, 0.5) is 8.78 Å². The van der Waals surface area contributed by atoms with Gasteiger partial charge in [0.1, 0.15) is 5.75 Å². The summed E-state index contributed by atoms with van der Waals surface area (Å²) in [7, 11) is 0. The van der Waals surface area contributed by atoms with Crippen molar-refractivity contribution in [3.8, 4) is 5.75 Å². The number of ether oxygens (including phenoxy) is 1. The van der Waals surface area contributed by atoms with Crippen molar-refractivity contribution in [1.82, 2.24) is 0 Å². The van der Waals surface area contributed by atoms with E-state index in [0.29, 0.717) is 10.9 Å². The molecule has 14 heavy (non-hydrogen) atoms. The average Bonchev–Trinajstić information content (AvgIpc) is 2.16. The smallest absolute Gasteiger partial charge is 0.387 e. The van der Waals surface area contributed by atoms with Crippen molar-refractivity contribution >= 4 is 15.9 Å². The van der Waals surface area contributed by atoms with Crippen LogP contribution in [-0.4, -0.2) is 17.0 Å². The molecule has 0 saturated carbocycles. The predicted molar refractivity (Wildman–Crippen MR) is 51.8 cm³/mol. The molecule has 0 bridgehead atoms. The average molecular weight is 267 g/mol. The van der Waals surface area contributed by atoms with Crippen LogP contribution in [0.15, 0.2) is 24.3 Å². The minimum atomic E-state index is -2.84. The molecule has 1 aromatic carbocycles. The van der Waals surface area contributed by atoms with Gasteiger partial charge < -0.3 is 9.84 Å². The zero-order chi connectivity index (χ0) is 10.6. The van der Waals surface area contributed by atoms with Gasteiger partial charge in [0, 0.05) is 5.33 Å². The summed E-state index contributed by atoms with van der Waals surface area (Å²) < 4.78 is 27.9. The van der Waals surface area contributed by atoms with E-state index >= 15 is 0 Å². The number of aliphatic hydroxyl groups is 1. The molecule has 0 aromatic heterocycles. The first-order valence-corrected chi connectivity index (χ1v) is 5.04. The van der Waals surface area contributed by atoms with Gasteiger partial charge in [-0.15, -0.1) is 0 Å². The molecule has 0 heterocycles. The van der Waals surface area contributed by atoms with E-state index in [1.54, 1.807) is 12.1 Å². The van der Waals surface area contributed by atoms with Crippen molar-refractivity contribution in [2.75, 3.05) is 5.33 Å². The minimum Gasteiger partial charge on any atom is -0.435 e. The van der Waals surface area contributed by atoms with Crippen LogP contribution >= 0.6 is 15.9 Å². The van der Waals surface area contributed by atoms with E-state index in [4.69, 9.17) is 0 Å². The van der Waals surface area contributed by atoms with Gasteiger partial charge in [0.2, 0.25) is 0 Å². The van der Waals surface area contributed by atoms with Gasteiger partial charge in [0.25, 0.3) is 0 Å². The standard InChI is InChI=1S/C9H9BrF2O2/c10-5-8(13)6-2-1-3-7(4-6)14-9(11)12/h1-4,8-9,13H,5H2. The summed E-state index contributed by atoms with van der Waals surface area (Å²) in [5.41, 5.74) is 0.542. The first-order chi connectivity index (χ1) is 6.63. The first-order valence-electron chi connectivity index (χ1n) is 3.92. The molecule has 5 heteroatoms. The Morgan fingerprint density at radius 2 is 2.14 bits per heavy atom. The van der Waals surface area contributed by atoms with Crippen molar-refractivity contribution in [3.05, 3.63) is 29.8 Å². The van der Waals surface area contributed by atoms with Gasteiger partial charge in [-0.3, -0.25) is 0 Å². The summed E-state index contributed by atoms with van der Waals surface area (Å²) in [6.45, 7) is -2.84. The summed E-state index contributed by atoms with van der Waals surface area (Å²) >= 11 is 3.09. The highest BCUT2D eigenvalue weighted by Crippen LogP contribution is 2.21. The number of hydrogen-bond donors (Lipinski definition) is 1. The summed E-state index contributed by atoms with van der Waals surface area (Å²) in [5.74, 6) is 0.0532. The van der Waals surface area contributed by atoms with E-state index in [1.165, 1.54) is 12.1 Å². The van der Waals surface area contributed by atoms with Crippen molar-refractivity contribution in [2.45, 2.75) is 12.7 Å². The van der Waals surface area contributed by atoms with E-state index in [0.717, 1.165) is 0 Å². The number of benzene rings is 1. The Balaban J connectivity index is 2.78. The van der Waals surface area contributed by atoms with Gasteiger partial charge in [-0.05, 0) is 17.7 Å². The van der Waals surface area contributed by atoms with Gasteiger partial charge in [0.15, 0.2) is 0 Å². The summed E-state index contributed by atoms with van der Waals surface area (Å²) in [5, 5.41) is 9.75. The molecule has 0 fully saturated rings. The van der Waals surface area contributed by atoms with Crippen LogP contribution in [0, 0.1) is 0 Å². The lowest BCUT2D eigenvalue weighted by molar-refractivity contribution is -0.0499. The Labute approximate surface area is 88.6 Å². The highest BCUT2D eigenvalue weighted by Gasteiger charge is 2.08. The maximum atomic E-state index is 11.8. The van der Waals surface area contributed by atoms with Crippen molar-refractivity contribution in [2.24, 2.45) is 0 Å². The van der Waals surface area contributed by atoms with E-state index < -0.39 is 12.7 Å². The van der Waals surface area contributed by atoms with E-state index in [-0.39, 0.29) is 5.75 Å². The Bertz CT molecular complexity index is 294. The fourth-order valence-electron chi connectivity index (χ4n) is 0.987. The quantitative estimate of drug-likeness (QED) is 0.850. The summed E-state index contributed by atoms with van der Waals surface area (Å²) in [6.07, 6.45) is -0.712. The summed E-state index contributed by atoms with van der Waals surface area (Å²) in [4.78, 5) is 0. The van der Waals surface area contributed by atoms with Crippen LogP contribution < -0.4 is 4.74 Å². The van der Waals surface area contributed by atoms with Crippen LogP contribution in [0.3, 0.4) is 0 Å². The number of halogens is 3. The van der Waals surface area contributed by atoms with Crippen LogP contribution in [-0.2, 0) is 0 Å². The molecule has 0 saturated heterocycles. The maximum Gasteiger partial charge on any atom is 0.387 e. The molecule has 78 valence electrons. The molecule has 1 unspecified atom stereocenters. The molecular formula is C9H9BrF2O2. The molecule has 1 N–H and O–H groups in total. The van der Waals surface area contributed by atoms with Gasteiger partial charge in [-0.25, -0.2) is 0 Å². The first kappa shape index (κ1) is 11.4. The molecule has 1 atom stereocenters. The molecule has 1 aromatic rings. The third-order valence-corrected chi connectivity index (χ3v) is 2.23. The molecule has 0 amide bonds. The largest absolute Gasteiger partial charge is 0.435 e. The number of aliphatic hydroxyl groups excluding tert-OH is 1. The molecule has 0 aliphatic carbocycles. The molecule has 0 spiro atoms. The molecule has 0 aliphatic heterocycles. The Morgan fingerprint density at radius 3 is 2.71 bits per heavy atom. The lowest BCUT2D eigenvalue weighted by atomic mass is 10.1. The number of hydrogen-bond acceptors (Lipinski definition) is 2. The zero-order valence-corrected chi connectivity index (χ0v) is 8.75. The van der Waals surface area contributed by atoms with Gasteiger partial charge in [0.05, 0.1) is 6.10 Å². The van der Waals surface area contributed by atoms with Gasteiger partial charge >= 0.3 is 6.61 Å². The molecular weight excluding hydrogens is 258 g/mol. The van der Waals surface area contributed by atoms with Crippen molar-refractivity contribution in [1.29, 1.82) is 0 Å². The fraction of sp³-hybridized carbons (Fsp3) is 0.333. The zero-order valence-electron chi connectivity index (χ0n) is 7.16. The molecule has 2 nitrogen and oxygen atoms in total. The van der Waals surface area contributed by atoms with Gasteiger partial charge in [-0.1, -0.05) is 28.1 Å². The Kier molecular flexibility index (Phi) is 4.28. The summed E-state index contributed by atoms with van der Waals surface area (Å²) in [6, 6.07) is 6.00. The Morgan fingerprint density at radius 1 is 1.43 bits per heavy atom. The van der Waals surface area contributed by atoms with Crippen molar-refractivity contribution in [3.63, 3.8) is 0 Å². The highest BCUT2D eigenvalue weighted by atomic mass is 79.9. The normalized spacial score (nSPS) is 12.9. The third kappa shape index (κ3) is 3.23. The van der Waals surface area contributed by atoms with Crippen molar-refractivity contribution < 1.29 is 18.6 Å². The van der Waals surface area contributed by atoms with Crippen LogP contribution in [0.2, 0.25) is 0 Å².